The Kier molecular flexibility index (Phi) is 4.58. The molecule has 2 aromatic rings. The molecule has 0 aliphatic rings. The molecule has 110 valence electrons. The molecule has 2 aromatic carbocycles. The number of hydrogen-bond acceptors (Lipinski definition) is 2. The van der Waals surface area contributed by atoms with Crippen LogP contribution in [-0.2, 0) is 0 Å². The fourth-order valence-electron chi connectivity index (χ4n) is 2.16. The number of amides is 1. The summed E-state index contributed by atoms with van der Waals surface area (Å²) in [5, 5.41) is 0. The Morgan fingerprint density at radius 1 is 1.19 bits per heavy atom. The van der Waals surface area contributed by atoms with Gasteiger partial charge in [-0.05, 0) is 55.3 Å². The zero-order chi connectivity index (χ0) is 15.4. The van der Waals surface area contributed by atoms with Gasteiger partial charge in [0, 0.05) is 17.9 Å². The lowest BCUT2D eigenvalue weighted by atomic mass is 10.1. The van der Waals surface area contributed by atoms with Crippen molar-refractivity contribution in [2.75, 3.05) is 17.2 Å². The molecule has 4 heteroatoms. The molecular weight excluding hydrogens is 267 g/mol. The molecule has 21 heavy (non-hydrogen) atoms. The molecule has 0 saturated heterocycles. The highest BCUT2D eigenvalue weighted by molar-refractivity contribution is 6.06. The smallest absolute Gasteiger partial charge is 0.261 e. The molecule has 0 heterocycles. The fraction of sp³-hybridized carbons (Fsp3) is 0.235. The van der Waals surface area contributed by atoms with E-state index in [0.717, 1.165) is 17.7 Å². The molecule has 0 unspecified atom stereocenters. The predicted octanol–water partition coefficient (Wildman–Crippen LogP) is 3.77. The van der Waals surface area contributed by atoms with Crippen LogP contribution in [0.3, 0.4) is 0 Å². The van der Waals surface area contributed by atoms with Crippen molar-refractivity contribution in [3.05, 3.63) is 59.4 Å². The van der Waals surface area contributed by atoms with E-state index in [0.29, 0.717) is 12.2 Å². The largest absolute Gasteiger partial charge is 0.399 e. The Bertz CT molecular complexity index is 638. The van der Waals surface area contributed by atoms with Gasteiger partial charge in [-0.2, -0.15) is 0 Å². The third kappa shape index (κ3) is 3.40. The second-order valence-electron chi connectivity index (χ2n) is 5.03. The number of carbonyl (C=O) groups is 1. The van der Waals surface area contributed by atoms with E-state index in [-0.39, 0.29) is 11.5 Å². The quantitative estimate of drug-likeness (QED) is 0.870. The summed E-state index contributed by atoms with van der Waals surface area (Å²) in [5.74, 6) is -0.823. The van der Waals surface area contributed by atoms with Crippen molar-refractivity contribution in [1.29, 1.82) is 0 Å². The number of benzene rings is 2. The van der Waals surface area contributed by atoms with Gasteiger partial charge in [0.1, 0.15) is 5.82 Å². The molecule has 0 atom stereocenters. The van der Waals surface area contributed by atoms with E-state index in [1.54, 1.807) is 42.2 Å². The number of rotatable bonds is 4. The SMILES string of the molecule is CCCN(C(=O)c1ccc(C)cc1F)c1ccc(N)cc1. The van der Waals surface area contributed by atoms with Crippen molar-refractivity contribution in [1.82, 2.24) is 0 Å². The lowest BCUT2D eigenvalue weighted by molar-refractivity contribution is 0.0983. The Morgan fingerprint density at radius 3 is 2.43 bits per heavy atom. The first kappa shape index (κ1) is 15.0. The zero-order valence-corrected chi connectivity index (χ0v) is 12.3. The van der Waals surface area contributed by atoms with Gasteiger partial charge in [-0.15, -0.1) is 0 Å². The van der Waals surface area contributed by atoms with Gasteiger partial charge in [0.15, 0.2) is 0 Å². The number of anilines is 2. The summed E-state index contributed by atoms with van der Waals surface area (Å²) in [5.41, 5.74) is 7.89. The van der Waals surface area contributed by atoms with Crippen LogP contribution < -0.4 is 10.6 Å². The minimum Gasteiger partial charge on any atom is -0.399 e. The van der Waals surface area contributed by atoms with Crippen LogP contribution in [0.4, 0.5) is 15.8 Å². The third-order valence-electron chi connectivity index (χ3n) is 3.25. The van der Waals surface area contributed by atoms with Crippen LogP contribution in [0.5, 0.6) is 0 Å². The van der Waals surface area contributed by atoms with Gasteiger partial charge in [-0.25, -0.2) is 4.39 Å². The molecular formula is C17H19FN2O. The van der Waals surface area contributed by atoms with Crippen molar-refractivity contribution >= 4 is 17.3 Å². The van der Waals surface area contributed by atoms with Crippen LogP contribution >= 0.6 is 0 Å². The molecule has 0 spiro atoms. The highest BCUT2D eigenvalue weighted by Crippen LogP contribution is 2.21. The first-order chi connectivity index (χ1) is 10.0. The van der Waals surface area contributed by atoms with Crippen LogP contribution in [0.25, 0.3) is 0 Å². The van der Waals surface area contributed by atoms with Crippen molar-refractivity contribution in [3.63, 3.8) is 0 Å². The number of nitrogens with two attached hydrogens (primary N) is 1. The second-order valence-corrected chi connectivity index (χ2v) is 5.03. The van der Waals surface area contributed by atoms with Gasteiger partial charge < -0.3 is 10.6 Å². The molecule has 0 aliphatic heterocycles. The van der Waals surface area contributed by atoms with E-state index in [1.165, 1.54) is 12.1 Å². The highest BCUT2D eigenvalue weighted by atomic mass is 19.1. The number of nitrogens with zero attached hydrogens (tertiary/aromatic N) is 1. The Labute approximate surface area is 124 Å². The van der Waals surface area contributed by atoms with Crippen molar-refractivity contribution < 1.29 is 9.18 Å². The monoisotopic (exact) mass is 286 g/mol. The fourth-order valence-corrected chi connectivity index (χ4v) is 2.16. The summed E-state index contributed by atoms with van der Waals surface area (Å²) >= 11 is 0. The minimum atomic E-state index is -0.489. The number of nitrogen functional groups attached to an aromatic ring is 1. The van der Waals surface area contributed by atoms with Crippen LogP contribution in [0.1, 0.15) is 29.3 Å². The maximum absolute atomic E-state index is 14.0. The van der Waals surface area contributed by atoms with Crippen LogP contribution in [-0.4, -0.2) is 12.5 Å². The van der Waals surface area contributed by atoms with E-state index >= 15 is 0 Å². The summed E-state index contributed by atoms with van der Waals surface area (Å²) < 4.78 is 14.0. The van der Waals surface area contributed by atoms with Crippen molar-refractivity contribution in [3.8, 4) is 0 Å². The summed E-state index contributed by atoms with van der Waals surface area (Å²) in [6.45, 7) is 4.29. The van der Waals surface area contributed by atoms with E-state index in [1.807, 2.05) is 6.92 Å². The van der Waals surface area contributed by atoms with Crippen molar-refractivity contribution in [2.45, 2.75) is 20.3 Å². The van der Waals surface area contributed by atoms with Gasteiger partial charge in [-0.3, -0.25) is 4.79 Å². The highest BCUT2D eigenvalue weighted by Gasteiger charge is 2.20. The Hall–Kier alpha value is -2.36. The predicted molar refractivity (Wildman–Crippen MR) is 84.0 cm³/mol. The third-order valence-corrected chi connectivity index (χ3v) is 3.25. The van der Waals surface area contributed by atoms with Crippen LogP contribution in [0.15, 0.2) is 42.5 Å². The van der Waals surface area contributed by atoms with E-state index < -0.39 is 5.82 Å². The molecule has 1 amide bonds. The lowest BCUT2D eigenvalue weighted by Gasteiger charge is -2.23. The Balaban J connectivity index is 2.37. The standard InChI is InChI=1S/C17H19FN2O/c1-3-10-20(14-7-5-13(19)6-8-14)17(21)15-9-4-12(2)11-16(15)18/h4-9,11H,3,10,19H2,1-2H3. The normalized spacial score (nSPS) is 10.4. The average molecular weight is 286 g/mol. The molecule has 2 rings (SSSR count). The molecule has 0 aromatic heterocycles. The molecule has 2 N–H and O–H groups in total. The van der Waals surface area contributed by atoms with Gasteiger partial charge >= 0.3 is 0 Å². The van der Waals surface area contributed by atoms with Gasteiger partial charge in [-0.1, -0.05) is 13.0 Å². The van der Waals surface area contributed by atoms with Gasteiger partial charge in [0.2, 0.25) is 0 Å². The van der Waals surface area contributed by atoms with Crippen LogP contribution in [0, 0.1) is 12.7 Å². The molecule has 0 radical (unpaired) electrons. The Morgan fingerprint density at radius 2 is 1.86 bits per heavy atom. The molecule has 3 nitrogen and oxygen atoms in total. The summed E-state index contributed by atoms with van der Waals surface area (Å²) in [7, 11) is 0. The van der Waals surface area contributed by atoms with Crippen molar-refractivity contribution in [2.24, 2.45) is 0 Å². The summed E-state index contributed by atoms with van der Waals surface area (Å²) in [6.07, 6.45) is 0.781. The molecule has 0 aliphatic carbocycles. The first-order valence-electron chi connectivity index (χ1n) is 6.96. The van der Waals surface area contributed by atoms with Crippen LogP contribution in [0.2, 0.25) is 0 Å². The lowest BCUT2D eigenvalue weighted by Crippen LogP contribution is -2.32. The molecule has 0 bridgehead atoms. The topological polar surface area (TPSA) is 46.3 Å². The maximum atomic E-state index is 14.0. The first-order valence-corrected chi connectivity index (χ1v) is 6.96. The van der Waals surface area contributed by atoms with Gasteiger partial charge in [0.25, 0.3) is 5.91 Å². The number of hydrogen-bond donors (Lipinski definition) is 1. The van der Waals surface area contributed by atoms with E-state index in [9.17, 15) is 9.18 Å². The number of carbonyl (C=O) groups excluding carboxylic acids is 1. The average Bonchev–Trinajstić information content (AvgIpc) is 2.45. The molecule has 0 fully saturated rings. The number of halogens is 1. The minimum absolute atomic E-state index is 0.0888. The van der Waals surface area contributed by atoms with Gasteiger partial charge in [0.05, 0.1) is 5.56 Å². The maximum Gasteiger partial charge on any atom is 0.261 e. The summed E-state index contributed by atoms with van der Waals surface area (Å²) in [6, 6.07) is 11.7. The zero-order valence-electron chi connectivity index (χ0n) is 12.3. The molecule has 0 saturated carbocycles. The van der Waals surface area contributed by atoms with E-state index in [4.69, 9.17) is 5.73 Å². The summed E-state index contributed by atoms with van der Waals surface area (Å²) in [4.78, 5) is 14.2. The number of aryl methyl sites for hydroxylation is 1. The second kappa shape index (κ2) is 6.39. The van der Waals surface area contributed by atoms with E-state index in [2.05, 4.69) is 0 Å².